The molecule has 0 bridgehead atoms. The molecule has 0 spiro atoms. The highest BCUT2D eigenvalue weighted by molar-refractivity contribution is 5.82. The highest BCUT2D eigenvalue weighted by Crippen LogP contribution is 2.34. The van der Waals surface area contributed by atoms with Gasteiger partial charge in [-0.05, 0) is 18.3 Å². The molecule has 1 aliphatic carbocycles. The van der Waals surface area contributed by atoms with E-state index in [1.807, 2.05) is 20.8 Å². The number of nitrogens with one attached hydrogen (secondary N) is 1. The minimum absolute atomic E-state index is 0.0829. The lowest BCUT2D eigenvalue weighted by molar-refractivity contribution is -0.142. The van der Waals surface area contributed by atoms with Gasteiger partial charge in [0, 0.05) is 12.0 Å². The molecule has 1 fully saturated rings. The van der Waals surface area contributed by atoms with E-state index in [1.165, 1.54) is 19.3 Å². The van der Waals surface area contributed by atoms with Gasteiger partial charge in [-0.3, -0.25) is 9.59 Å². The van der Waals surface area contributed by atoms with Crippen molar-refractivity contribution < 1.29 is 14.7 Å². The first-order valence-electron chi connectivity index (χ1n) is 7.73. The lowest BCUT2D eigenvalue weighted by Gasteiger charge is -2.31. The molecule has 1 aliphatic rings. The van der Waals surface area contributed by atoms with Crippen LogP contribution in [0.1, 0.15) is 59.8 Å². The quantitative estimate of drug-likeness (QED) is 0.815. The van der Waals surface area contributed by atoms with E-state index in [1.54, 1.807) is 0 Å². The van der Waals surface area contributed by atoms with Crippen LogP contribution in [0.2, 0.25) is 0 Å². The molecule has 4 heteroatoms. The average Bonchev–Trinajstić information content (AvgIpc) is 2.34. The minimum Gasteiger partial charge on any atom is -0.481 e. The van der Waals surface area contributed by atoms with E-state index >= 15 is 0 Å². The number of rotatable bonds is 5. The normalized spacial score (nSPS) is 25.0. The van der Waals surface area contributed by atoms with Gasteiger partial charge in [0.15, 0.2) is 0 Å². The summed E-state index contributed by atoms with van der Waals surface area (Å²) in [4.78, 5) is 23.2. The van der Waals surface area contributed by atoms with Gasteiger partial charge in [0.25, 0.3) is 0 Å². The first-order valence-corrected chi connectivity index (χ1v) is 7.73. The Hall–Kier alpha value is -1.06. The zero-order valence-corrected chi connectivity index (χ0v) is 13.2. The van der Waals surface area contributed by atoms with Crippen LogP contribution in [0, 0.1) is 23.2 Å². The summed E-state index contributed by atoms with van der Waals surface area (Å²) in [6.07, 6.45) is 5.47. The summed E-state index contributed by atoms with van der Waals surface area (Å²) in [5.41, 5.74) is -0.471. The molecule has 1 amide bonds. The SMILES string of the molecule is CC1CCCCC1CC(CNC(=O)C(C)(C)C)C(=O)O. The molecule has 0 heterocycles. The van der Waals surface area contributed by atoms with Gasteiger partial charge in [-0.25, -0.2) is 0 Å². The van der Waals surface area contributed by atoms with Gasteiger partial charge in [0.2, 0.25) is 5.91 Å². The summed E-state index contributed by atoms with van der Waals surface area (Å²) < 4.78 is 0. The number of carboxylic acid groups (broad SMARTS) is 1. The second-order valence-electron chi connectivity index (χ2n) is 7.25. The number of amides is 1. The highest BCUT2D eigenvalue weighted by atomic mass is 16.4. The first kappa shape index (κ1) is 17.0. The van der Waals surface area contributed by atoms with E-state index in [0.717, 1.165) is 6.42 Å². The Labute approximate surface area is 122 Å². The summed E-state index contributed by atoms with van der Waals surface area (Å²) >= 11 is 0. The van der Waals surface area contributed by atoms with Crippen molar-refractivity contribution >= 4 is 11.9 Å². The van der Waals surface area contributed by atoms with Crippen LogP contribution in [0.4, 0.5) is 0 Å². The van der Waals surface area contributed by atoms with Crippen LogP contribution in [-0.4, -0.2) is 23.5 Å². The highest BCUT2D eigenvalue weighted by Gasteiger charge is 2.29. The Kier molecular flexibility index (Phi) is 6.03. The van der Waals surface area contributed by atoms with Crippen molar-refractivity contribution in [3.8, 4) is 0 Å². The first-order chi connectivity index (χ1) is 9.21. The molecule has 0 aromatic heterocycles. The van der Waals surface area contributed by atoms with Gasteiger partial charge < -0.3 is 10.4 Å². The number of aliphatic carboxylic acids is 1. The Morgan fingerprint density at radius 3 is 2.35 bits per heavy atom. The molecule has 3 atom stereocenters. The third-order valence-corrected chi connectivity index (χ3v) is 4.42. The molecule has 20 heavy (non-hydrogen) atoms. The van der Waals surface area contributed by atoms with Crippen LogP contribution in [0.25, 0.3) is 0 Å². The number of carbonyl (C=O) groups is 2. The predicted octanol–water partition coefficient (Wildman–Crippen LogP) is 3.07. The van der Waals surface area contributed by atoms with Gasteiger partial charge in [-0.1, -0.05) is 53.4 Å². The van der Waals surface area contributed by atoms with Crippen LogP contribution in [-0.2, 0) is 9.59 Å². The van der Waals surface area contributed by atoms with Crippen molar-refractivity contribution in [1.82, 2.24) is 5.32 Å². The second-order valence-corrected chi connectivity index (χ2v) is 7.25. The lowest BCUT2D eigenvalue weighted by Crippen LogP contribution is -2.40. The summed E-state index contributed by atoms with van der Waals surface area (Å²) in [5.74, 6) is -0.260. The molecule has 1 rings (SSSR count). The van der Waals surface area contributed by atoms with Crippen molar-refractivity contribution in [2.24, 2.45) is 23.2 Å². The monoisotopic (exact) mass is 283 g/mol. The maximum absolute atomic E-state index is 11.8. The molecule has 116 valence electrons. The van der Waals surface area contributed by atoms with E-state index in [9.17, 15) is 14.7 Å². The summed E-state index contributed by atoms with van der Waals surface area (Å²) in [7, 11) is 0. The molecule has 2 N–H and O–H groups in total. The Balaban J connectivity index is 2.52. The number of hydrogen-bond acceptors (Lipinski definition) is 2. The van der Waals surface area contributed by atoms with E-state index in [2.05, 4.69) is 12.2 Å². The van der Waals surface area contributed by atoms with Crippen molar-refractivity contribution in [1.29, 1.82) is 0 Å². The van der Waals surface area contributed by atoms with E-state index in [0.29, 0.717) is 18.3 Å². The van der Waals surface area contributed by atoms with Gasteiger partial charge >= 0.3 is 5.97 Å². The van der Waals surface area contributed by atoms with Crippen LogP contribution < -0.4 is 5.32 Å². The molecular weight excluding hydrogens is 254 g/mol. The van der Waals surface area contributed by atoms with Crippen molar-refractivity contribution in [2.75, 3.05) is 6.54 Å². The minimum atomic E-state index is -0.794. The summed E-state index contributed by atoms with van der Waals surface area (Å²) in [6.45, 7) is 7.97. The van der Waals surface area contributed by atoms with E-state index in [-0.39, 0.29) is 12.5 Å². The van der Waals surface area contributed by atoms with Gasteiger partial charge in [0.05, 0.1) is 5.92 Å². The molecular formula is C16H29NO3. The van der Waals surface area contributed by atoms with Gasteiger partial charge in [-0.2, -0.15) is 0 Å². The van der Waals surface area contributed by atoms with Crippen molar-refractivity contribution in [3.63, 3.8) is 0 Å². The number of hydrogen-bond donors (Lipinski definition) is 2. The molecule has 0 aromatic rings. The van der Waals surface area contributed by atoms with Crippen LogP contribution in [0.15, 0.2) is 0 Å². The number of carbonyl (C=O) groups excluding carboxylic acids is 1. The van der Waals surface area contributed by atoms with Crippen LogP contribution in [0.5, 0.6) is 0 Å². The number of carboxylic acids is 1. The predicted molar refractivity (Wildman–Crippen MR) is 79.3 cm³/mol. The third-order valence-electron chi connectivity index (χ3n) is 4.42. The topological polar surface area (TPSA) is 66.4 Å². The second kappa shape index (κ2) is 7.09. The molecule has 3 unspecified atom stereocenters. The summed E-state index contributed by atoms with van der Waals surface area (Å²) in [5, 5.41) is 12.1. The van der Waals surface area contributed by atoms with E-state index < -0.39 is 17.3 Å². The van der Waals surface area contributed by atoms with Gasteiger partial charge in [-0.15, -0.1) is 0 Å². The average molecular weight is 283 g/mol. The molecule has 0 aromatic carbocycles. The Bertz CT molecular complexity index is 346. The standard InChI is InChI=1S/C16H29NO3/c1-11-7-5-6-8-12(11)9-13(14(18)19)10-17-15(20)16(2,3)4/h11-13H,5-10H2,1-4H3,(H,17,20)(H,18,19). The molecule has 0 radical (unpaired) electrons. The smallest absolute Gasteiger partial charge is 0.308 e. The maximum Gasteiger partial charge on any atom is 0.308 e. The third kappa shape index (κ3) is 5.14. The fourth-order valence-corrected chi connectivity index (χ4v) is 2.86. The molecule has 1 saturated carbocycles. The zero-order chi connectivity index (χ0) is 15.3. The van der Waals surface area contributed by atoms with Crippen molar-refractivity contribution in [2.45, 2.75) is 59.8 Å². The van der Waals surface area contributed by atoms with Crippen LogP contribution in [0.3, 0.4) is 0 Å². The fourth-order valence-electron chi connectivity index (χ4n) is 2.86. The van der Waals surface area contributed by atoms with Crippen molar-refractivity contribution in [3.05, 3.63) is 0 Å². The molecule has 0 aliphatic heterocycles. The maximum atomic E-state index is 11.8. The molecule has 4 nitrogen and oxygen atoms in total. The van der Waals surface area contributed by atoms with Gasteiger partial charge in [0.1, 0.15) is 0 Å². The zero-order valence-electron chi connectivity index (χ0n) is 13.2. The fraction of sp³-hybridized carbons (Fsp3) is 0.875. The molecule has 0 saturated heterocycles. The lowest BCUT2D eigenvalue weighted by atomic mass is 9.76. The Morgan fingerprint density at radius 1 is 1.25 bits per heavy atom. The Morgan fingerprint density at radius 2 is 1.85 bits per heavy atom. The summed E-state index contributed by atoms with van der Waals surface area (Å²) in [6, 6.07) is 0. The van der Waals surface area contributed by atoms with E-state index in [4.69, 9.17) is 0 Å². The largest absolute Gasteiger partial charge is 0.481 e. The van der Waals surface area contributed by atoms with Crippen LogP contribution >= 0.6 is 0 Å².